The Morgan fingerprint density at radius 1 is 1.07 bits per heavy atom. The summed E-state index contributed by atoms with van der Waals surface area (Å²) in [7, 11) is 2.89. The van der Waals surface area contributed by atoms with E-state index in [0.29, 0.717) is 16.9 Å². The van der Waals surface area contributed by atoms with Crippen LogP contribution in [0.1, 0.15) is 26.5 Å². The Morgan fingerprint density at radius 2 is 1.81 bits per heavy atom. The molecule has 138 valence electrons. The van der Waals surface area contributed by atoms with Gasteiger partial charge in [0, 0.05) is 5.69 Å². The maximum absolute atomic E-state index is 12.6. The summed E-state index contributed by atoms with van der Waals surface area (Å²) in [6, 6.07) is 13.7. The smallest absolute Gasteiger partial charge is 0.337 e. The van der Waals surface area contributed by atoms with E-state index in [9.17, 15) is 9.59 Å². The van der Waals surface area contributed by atoms with Crippen molar-refractivity contribution >= 4 is 17.6 Å². The summed E-state index contributed by atoms with van der Waals surface area (Å²) in [6.45, 7) is 1.75. The highest BCUT2D eigenvalue weighted by Crippen LogP contribution is 2.18. The highest BCUT2D eigenvalue weighted by atomic mass is 16.5. The van der Waals surface area contributed by atoms with Crippen LogP contribution in [0.15, 0.2) is 48.5 Å². The highest BCUT2D eigenvalue weighted by Gasteiger charge is 2.18. The molecule has 8 heteroatoms. The average molecular weight is 366 g/mol. The van der Waals surface area contributed by atoms with Crippen LogP contribution in [0.5, 0.6) is 5.75 Å². The van der Waals surface area contributed by atoms with Crippen molar-refractivity contribution in [3.05, 3.63) is 65.5 Å². The third-order valence-electron chi connectivity index (χ3n) is 3.97. The number of rotatable bonds is 5. The van der Waals surface area contributed by atoms with E-state index in [1.165, 1.54) is 13.2 Å². The normalized spacial score (nSPS) is 10.3. The van der Waals surface area contributed by atoms with E-state index in [0.717, 1.165) is 11.4 Å². The van der Waals surface area contributed by atoms with E-state index >= 15 is 0 Å². The lowest BCUT2D eigenvalue weighted by Crippen LogP contribution is -2.14. The molecule has 0 radical (unpaired) electrons. The molecule has 8 nitrogen and oxygen atoms in total. The van der Waals surface area contributed by atoms with Crippen molar-refractivity contribution in [1.82, 2.24) is 15.0 Å². The number of carbonyl (C=O) groups excluding carboxylic acids is 2. The molecule has 1 amide bonds. The Balaban J connectivity index is 1.82. The summed E-state index contributed by atoms with van der Waals surface area (Å²) in [4.78, 5) is 24.2. The van der Waals surface area contributed by atoms with Crippen molar-refractivity contribution < 1.29 is 19.1 Å². The molecule has 0 atom stereocenters. The molecule has 27 heavy (non-hydrogen) atoms. The largest absolute Gasteiger partial charge is 0.497 e. The highest BCUT2D eigenvalue weighted by molar-refractivity contribution is 6.04. The van der Waals surface area contributed by atoms with E-state index in [1.54, 1.807) is 49.0 Å². The molecule has 0 fully saturated rings. The van der Waals surface area contributed by atoms with Gasteiger partial charge in [0.25, 0.3) is 5.91 Å². The fourth-order valence-electron chi connectivity index (χ4n) is 2.54. The van der Waals surface area contributed by atoms with Gasteiger partial charge < -0.3 is 14.8 Å². The minimum atomic E-state index is -0.479. The third-order valence-corrected chi connectivity index (χ3v) is 3.97. The molecule has 1 aromatic heterocycles. The first kappa shape index (κ1) is 18.1. The zero-order chi connectivity index (χ0) is 19.4. The van der Waals surface area contributed by atoms with Crippen molar-refractivity contribution in [1.29, 1.82) is 0 Å². The van der Waals surface area contributed by atoms with E-state index in [4.69, 9.17) is 4.74 Å². The van der Waals surface area contributed by atoms with Crippen LogP contribution in [0, 0.1) is 6.92 Å². The lowest BCUT2D eigenvalue weighted by Gasteiger charge is -2.07. The SMILES string of the molecule is COC(=O)c1cccc(NC(=O)c2nnn(-c3ccc(OC)cc3)c2C)c1. The number of hydrogen-bond donors (Lipinski definition) is 1. The van der Waals surface area contributed by atoms with Crippen molar-refractivity contribution in [2.24, 2.45) is 0 Å². The number of methoxy groups -OCH3 is 2. The number of anilines is 1. The van der Waals surface area contributed by atoms with Crippen LogP contribution in [-0.4, -0.2) is 41.1 Å². The molecule has 0 aliphatic heterocycles. The number of amides is 1. The number of aromatic nitrogens is 3. The van der Waals surface area contributed by atoms with Gasteiger partial charge in [0.15, 0.2) is 5.69 Å². The maximum Gasteiger partial charge on any atom is 0.337 e. The monoisotopic (exact) mass is 366 g/mol. The predicted octanol–water partition coefficient (Wildman–Crippen LogP) is 2.62. The van der Waals surface area contributed by atoms with Crippen LogP contribution in [0.4, 0.5) is 5.69 Å². The van der Waals surface area contributed by atoms with Gasteiger partial charge in [-0.05, 0) is 49.4 Å². The van der Waals surface area contributed by atoms with Gasteiger partial charge in [-0.15, -0.1) is 5.10 Å². The molecular weight excluding hydrogens is 348 g/mol. The molecular formula is C19H18N4O4. The van der Waals surface area contributed by atoms with E-state index in [2.05, 4.69) is 20.4 Å². The molecule has 0 saturated heterocycles. The number of carbonyl (C=O) groups is 2. The Hall–Kier alpha value is -3.68. The van der Waals surface area contributed by atoms with E-state index in [-0.39, 0.29) is 5.69 Å². The summed E-state index contributed by atoms with van der Waals surface area (Å²) in [5.41, 5.74) is 2.33. The standard InChI is InChI=1S/C19H18N4O4/c1-12-17(21-22-23(12)15-7-9-16(26-2)10-8-15)18(24)20-14-6-4-5-13(11-14)19(25)27-3/h4-11H,1-3H3,(H,20,24). The zero-order valence-electron chi connectivity index (χ0n) is 15.1. The number of hydrogen-bond acceptors (Lipinski definition) is 6. The van der Waals surface area contributed by atoms with Gasteiger partial charge in [-0.1, -0.05) is 11.3 Å². The van der Waals surface area contributed by atoms with Crippen LogP contribution >= 0.6 is 0 Å². The number of nitrogens with one attached hydrogen (secondary N) is 1. The second-order valence-corrected chi connectivity index (χ2v) is 5.66. The number of ether oxygens (including phenoxy) is 2. The molecule has 0 unspecified atom stereocenters. The first-order valence-electron chi connectivity index (χ1n) is 8.10. The third kappa shape index (κ3) is 3.79. The molecule has 1 heterocycles. The van der Waals surface area contributed by atoms with Gasteiger partial charge in [0.2, 0.25) is 0 Å². The number of benzene rings is 2. The van der Waals surface area contributed by atoms with Gasteiger partial charge in [-0.2, -0.15) is 0 Å². The van der Waals surface area contributed by atoms with E-state index in [1.807, 2.05) is 12.1 Å². The van der Waals surface area contributed by atoms with Crippen LogP contribution < -0.4 is 10.1 Å². The second kappa shape index (κ2) is 7.69. The summed E-state index contributed by atoms with van der Waals surface area (Å²) in [6.07, 6.45) is 0. The summed E-state index contributed by atoms with van der Waals surface area (Å²) >= 11 is 0. The Bertz CT molecular complexity index is 980. The predicted molar refractivity (Wildman–Crippen MR) is 98.4 cm³/mol. The van der Waals surface area contributed by atoms with Crippen LogP contribution in [0.3, 0.4) is 0 Å². The molecule has 0 saturated carbocycles. The average Bonchev–Trinajstić information content (AvgIpc) is 3.09. The molecule has 2 aromatic carbocycles. The molecule has 0 bridgehead atoms. The van der Waals surface area contributed by atoms with Crippen molar-refractivity contribution in [3.63, 3.8) is 0 Å². The topological polar surface area (TPSA) is 95.3 Å². The van der Waals surface area contributed by atoms with Crippen molar-refractivity contribution in [3.8, 4) is 11.4 Å². The first-order valence-corrected chi connectivity index (χ1v) is 8.10. The van der Waals surface area contributed by atoms with Crippen molar-refractivity contribution in [2.75, 3.05) is 19.5 Å². The van der Waals surface area contributed by atoms with Crippen molar-refractivity contribution in [2.45, 2.75) is 6.92 Å². The Morgan fingerprint density at radius 3 is 2.48 bits per heavy atom. The number of esters is 1. The van der Waals surface area contributed by atoms with Crippen LogP contribution in [-0.2, 0) is 4.74 Å². The molecule has 0 aliphatic carbocycles. The molecule has 1 N–H and O–H groups in total. The summed E-state index contributed by atoms with van der Waals surface area (Å²) in [5, 5.41) is 10.8. The summed E-state index contributed by atoms with van der Waals surface area (Å²) < 4.78 is 11.4. The van der Waals surface area contributed by atoms with Gasteiger partial charge in [0.1, 0.15) is 5.75 Å². The molecule has 3 aromatic rings. The fraction of sp³-hybridized carbons (Fsp3) is 0.158. The maximum atomic E-state index is 12.6. The van der Waals surface area contributed by atoms with Gasteiger partial charge >= 0.3 is 5.97 Å². The van der Waals surface area contributed by atoms with Gasteiger partial charge in [-0.25, -0.2) is 9.48 Å². The number of nitrogens with zero attached hydrogens (tertiary/aromatic N) is 3. The first-order chi connectivity index (χ1) is 13.0. The lowest BCUT2D eigenvalue weighted by molar-refractivity contribution is 0.0600. The van der Waals surface area contributed by atoms with E-state index < -0.39 is 11.9 Å². The quantitative estimate of drug-likeness (QED) is 0.698. The van der Waals surface area contributed by atoms with Crippen LogP contribution in [0.25, 0.3) is 5.69 Å². The minimum absolute atomic E-state index is 0.189. The minimum Gasteiger partial charge on any atom is -0.497 e. The van der Waals surface area contributed by atoms with Crippen LogP contribution in [0.2, 0.25) is 0 Å². The summed E-state index contributed by atoms with van der Waals surface area (Å²) in [5.74, 6) is -0.179. The van der Waals surface area contributed by atoms with Gasteiger partial charge in [-0.3, -0.25) is 4.79 Å². The Kier molecular flexibility index (Phi) is 5.16. The second-order valence-electron chi connectivity index (χ2n) is 5.66. The molecule has 0 spiro atoms. The van der Waals surface area contributed by atoms with Gasteiger partial charge in [0.05, 0.1) is 31.2 Å². The molecule has 0 aliphatic rings. The Labute approximate surface area is 155 Å². The molecule has 3 rings (SSSR count). The fourth-order valence-corrected chi connectivity index (χ4v) is 2.54. The zero-order valence-corrected chi connectivity index (χ0v) is 15.1. The lowest BCUT2D eigenvalue weighted by atomic mass is 10.2.